The van der Waals surface area contributed by atoms with Crippen molar-refractivity contribution >= 4 is 11.9 Å². The fourth-order valence-corrected chi connectivity index (χ4v) is 0.184. The Hall–Kier alpha value is -1.65. The average molecular weight is 191 g/mol. The van der Waals surface area contributed by atoms with Gasteiger partial charge in [0.2, 0.25) is 0 Å². The van der Waals surface area contributed by atoms with Gasteiger partial charge in [0.1, 0.15) is 0 Å². The van der Waals surface area contributed by atoms with Crippen molar-refractivity contribution in [1.29, 1.82) is 5.26 Å². The van der Waals surface area contributed by atoms with E-state index in [9.17, 15) is 9.59 Å². The third-order valence-electron chi connectivity index (χ3n) is 0.448. The lowest BCUT2D eigenvalue weighted by Crippen LogP contribution is -2.12. The van der Waals surface area contributed by atoms with Crippen molar-refractivity contribution in [3.8, 4) is 6.07 Å². The average Bonchev–Trinajstić information content (AvgIpc) is 1.99. The summed E-state index contributed by atoms with van der Waals surface area (Å²) in [6.45, 7) is 0.112. The Bertz CT molecular complexity index is 180. The molecule has 7 heteroatoms. The van der Waals surface area contributed by atoms with E-state index in [-0.39, 0.29) is 0 Å². The van der Waals surface area contributed by atoms with Crippen LogP contribution in [0.4, 0.5) is 0 Å². The summed E-state index contributed by atoms with van der Waals surface area (Å²) in [5.74, 6) is -2.43. The normalized spacial score (nSPS) is 7.69. The highest BCUT2D eigenvalue weighted by atomic mass is 17.2. The van der Waals surface area contributed by atoms with Crippen LogP contribution >= 0.6 is 0 Å². The zero-order valence-corrected chi connectivity index (χ0v) is 6.89. The molecule has 0 spiro atoms. The van der Waals surface area contributed by atoms with Gasteiger partial charge in [-0.25, -0.2) is 19.4 Å². The van der Waals surface area contributed by atoms with Gasteiger partial charge in [-0.2, -0.15) is 5.26 Å². The molecule has 13 heavy (non-hydrogen) atoms. The van der Waals surface area contributed by atoms with E-state index in [0.717, 1.165) is 0 Å². The van der Waals surface area contributed by atoms with Crippen LogP contribution in [0.15, 0.2) is 0 Å². The van der Waals surface area contributed by atoms with E-state index in [1.807, 2.05) is 0 Å². The quantitative estimate of drug-likeness (QED) is 0.346. The molecule has 0 aromatic heterocycles. The van der Waals surface area contributed by atoms with E-state index in [1.54, 1.807) is 6.07 Å². The van der Waals surface area contributed by atoms with E-state index in [1.165, 1.54) is 6.92 Å². The van der Waals surface area contributed by atoms with Gasteiger partial charge in [0.15, 0.2) is 13.2 Å². The molecule has 0 aliphatic rings. The van der Waals surface area contributed by atoms with Crippen LogP contribution < -0.4 is 0 Å². The Balaban J connectivity index is 0. The molecule has 0 saturated carbocycles. The van der Waals surface area contributed by atoms with Crippen molar-refractivity contribution < 1.29 is 29.6 Å². The van der Waals surface area contributed by atoms with E-state index in [4.69, 9.17) is 15.5 Å². The Morgan fingerprint density at radius 1 is 1.23 bits per heavy atom. The molecule has 0 aliphatic carbocycles. The largest absolute Gasteiger partial charge is 0.479 e. The van der Waals surface area contributed by atoms with Gasteiger partial charge >= 0.3 is 11.9 Å². The summed E-state index contributed by atoms with van der Waals surface area (Å²) in [5, 5.41) is 23.2. The van der Waals surface area contributed by atoms with Gasteiger partial charge < -0.3 is 10.2 Å². The lowest BCUT2D eigenvalue weighted by Gasteiger charge is -1.95. The van der Waals surface area contributed by atoms with Gasteiger partial charge in [-0.05, 0) is 0 Å². The van der Waals surface area contributed by atoms with Gasteiger partial charge in [-0.1, -0.05) is 0 Å². The lowest BCUT2D eigenvalue weighted by molar-refractivity contribution is -0.289. The number of hydrogen-bond donors (Lipinski definition) is 2. The number of rotatable bonds is 5. The minimum atomic E-state index is -1.22. The van der Waals surface area contributed by atoms with Gasteiger partial charge in [0, 0.05) is 6.92 Å². The van der Waals surface area contributed by atoms with Gasteiger partial charge in [0.25, 0.3) is 0 Å². The summed E-state index contributed by atoms with van der Waals surface area (Å²) in [6.07, 6.45) is 0. The highest BCUT2D eigenvalue weighted by molar-refractivity contribution is 5.68. The third kappa shape index (κ3) is 25.2. The number of carboxylic acid groups (broad SMARTS) is 2. The second-order valence-corrected chi connectivity index (χ2v) is 1.54. The number of nitriles is 1. The number of aliphatic carboxylic acids is 2. The first-order chi connectivity index (χ1) is 6.04. The second-order valence-electron chi connectivity index (χ2n) is 1.54. The van der Waals surface area contributed by atoms with E-state index in [0.29, 0.717) is 0 Å². The van der Waals surface area contributed by atoms with Crippen LogP contribution in [0.1, 0.15) is 6.92 Å². The first kappa shape index (κ1) is 13.9. The number of hydrogen-bond acceptors (Lipinski definition) is 5. The fourth-order valence-electron chi connectivity index (χ4n) is 0.184. The van der Waals surface area contributed by atoms with Crippen molar-refractivity contribution in [3.05, 3.63) is 0 Å². The summed E-state index contributed by atoms with van der Waals surface area (Å²) < 4.78 is 0. The molecule has 0 atom stereocenters. The predicted octanol–water partition coefficient (Wildman–Crippen LogP) is -0.366. The first-order valence-corrected chi connectivity index (χ1v) is 3.03. The van der Waals surface area contributed by atoms with Crippen LogP contribution in [-0.2, 0) is 19.4 Å². The summed E-state index contributed by atoms with van der Waals surface area (Å²) in [5.41, 5.74) is 0. The Kier molecular flexibility index (Phi) is 11.1. The van der Waals surface area contributed by atoms with Crippen molar-refractivity contribution in [1.82, 2.24) is 0 Å². The van der Waals surface area contributed by atoms with E-state index < -0.39 is 25.2 Å². The predicted molar refractivity (Wildman–Crippen MR) is 38.5 cm³/mol. The highest BCUT2D eigenvalue weighted by Gasteiger charge is 1.99. The molecule has 0 aliphatic heterocycles. The van der Waals surface area contributed by atoms with Crippen molar-refractivity contribution in [2.45, 2.75) is 6.92 Å². The van der Waals surface area contributed by atoms with Crippen LogP contribution in [0.25, 0.3) is 0 Å². The molecule has 0 aromatic rings. The molecule has 0 heterocycles. The minimum absolute atomic E-state index is 0.659. The Labute approximate surface area is 74.0 Å². The third-order valence-corrected chi connectivity index (χ3v) is 0.448. The van der Waals surface area contributed by atoms with Crippen molar-refractivity contribution in [2.75, 3.05) is 13.2 Å². The Morgan fingerprint density at radius 2 is 1.46 bits per heavy atom. The Morgan fingerprint density at radius 3 is 1.62 bits per heavy atom. The van der Waals surface area contributed by atoms with Crippen LogP contribution in [0, 0.1) is 11.3 Å². The highest BCUT2D eigenvalue weighted by Crippen LogP contribution is 1.77. The smallest absolute Gasteiger partial charge is 0.333 e. The fraction of sp³-hybridized carbons (Fsp3) is 0.500. The van der Waals surface area contributed by atoms with Crippen molar-refractivity contribution in [2.24, 2.45) is 0 Å². The van der Waals surface area contributed by atoms with Crippen molar-refractivity contribution in [3.63, 3.8) is 0 Å². The molecule has 0 amide bonds. The van der Waals surface area contributed by atoms with Crippen LogP contribution in [0.2, 0.25) is 0 Å². The van der Waals surface area contributed by atoms with Crippen LogP contribution in [-0.4, -0.2) is 35.4 Å². The lowest BCUT2D eigenvalue weighted by atomic mass is 10.8. The number of carbonyl (C=O) groups is 2. The summed E-state index contributed by atoms with van der Waals surface area (Å²) in [4.78, 5) is 27.2. The van der Waals surface area contributed by atoms with Gasteiger partial charge in [-0.3, -0.25) is 0 Å². The van der Waals surface area contributed by atoms with Gasteiger partial charge in [0.05, 0.1) is 6.07 Å². The molecule has 0 radical (unpaired) electrons. The summed E-state index contributed by atoms with van der Waals surface area (Å²) in [6, 6.07) is 1.75. The van der Waals surface area contributed by atoms with Gasteiger partial charge in [-0.15, -0.1) is 0 Å². The molecular weight excluding hydrogens is 182 g/mol. The monoisotopic (exact) mass is 191 g/mol. The zero-order valence-electron chi connectivity index (χ0n) is 6.89. The molecule has 74 valence electrons. The molecule has 0 saturated heterocycles. The standard InChI is InChI=1S/C4H6O6.C2H3N/c5-3(6)1-9-10-2-4(7)8;1-2-3/h1-2H2,(H,5,6)(H,7,8);1H3. The maximum Gasteiger partial charge on any atom is 0.333 e. The van der Waals surface area contributed by atoms with E-state index >= 15 is 0 Å². The van der Waals surface area contributed by atoms with Crippen LogP contribution in [0.3, 0.4) is 0 Å². The second kappa shape index (κ2) is 10.3. The van der Waals surface area contributed by atoms with Crippen LogP contribution in [0.5, 0.6) is 0 Å². The molecule has 7 nitrogen and oxygen atoms in total. The maximum atomic E-state index is 9.69. The zero-order chi connectivity index (χ0) is 10.7. The molecular formula is C6H9NO6. The number of nitrogens with zero attached hydrogens (tertiary/aromatic N) is 1. The summed E-state index contributed by atoms with van der Waals surface area (Å²) >= 11 is 0. The molecule has 2 N–H and O–H groups in total. The molecule has 0 aromatic carbocycles. The molecule has 0 bridgehead atoms. The molecule has 0 unspecified atom stereocenters. The summed E-state index contributed by atoms with van der Waals surface area (Å²) in [7, 11) is 0. The SMILES string of the molecule is CC#N.O=C(O)COOCC(=O)O. The molecule has 0 fully saturated rings. The first-order valence-electron chi connectivity index (χ1n) is 3.03. The number of carboxylic acids is 2. The topological polar surface area (TPSA) is 117 Å². The van der Waals surface area contributed by atoms with E-state index in [2.05, 4.69) is 9.78 Å². The molecule has 0 rings (SSSR count). The maximum absolute atomic E-state index is 9.69. The minimum Gasteiger partial charge on any atom is -0.479 e.